The van der Waals surface area contributed by atoms with Crippen molar-refractivity contribution in [3.05, 3.63) is 47.5 Å². The number of aliphatic carboxylic acids is 1. The fraction of sp³-hybridized carbons (Fsp3) is 0.0667. The summed E-state index contributed by atoms with van der Waals surface area (Å²) in [7, 11) is 0. The van der Waals surface area contributed by atoms with Gasteiger partial charge in [0.2, 0.25) is 0 Å². The van der Waals surface area contributed by atoms with Crippen molar-refractivity contribution in [2.75, 3.05) is 5.32 Å². The van der Waals surface area contributed by atoms with Crippen molar-refractivity contribution in [1.29, 1.82) is 0 Å². The molecule has 0 saturated heterocycles. The molecule has 1 aromatic heterocycles. The summed E-state index contributed by atoms with van der Waals surface area (Å²) >= 11 is 1.26. The number of carbonyl (C=O) groups is 1. The minimum absolute atomic E-state index is 0.00210. The summed E-state index contributed by atoms with van der Waals surface area (Å²) < 4.78 is 0. The Balaban J connectivity index is 2.18. The molecule has 112 valence electrons. The molecule has 1 heterocycles. The normalized spacial score (nSPS) is 12.2. The average molecular weight is 316 g/mol. The number of phenols is 2. The van der Waals surface area contributed by atoms with E-state index in [4.69, 9.17) is 0 Å². The van der Waals surface area contributed by atoms with Gasteiger partial charge in [-0.25, -0.2) is 9.78 Å². The fourth-order valence-electron chi connectivity index (χ4n) is 2.30. The van der Waals surface area contributed by atoms with Gasteiger partial charge in [-0.05, 0) is 29.0 Å². The van der Waals surface area contributed by atoms with Gasteiger partial charge in [-0.1, -0.05) is 12.1 Å². The lowest BCUT2D eigenvalue weighted by molar-refractivity contribution is -0.138. The third-order valence-electron chi connectivity index (χ3n) is 3.26. The SMILES string of the molecule is O=C(O)C(Nc1nccs1)c1c(O)ccc2ccc(O)cc12. The molecule has 0 aliphatic rings. The molecule has 0 aliphatic carbocycles. The Hall–Kier alpha value is -2.80. The number of anilines is 1. The third-order valence-corrected chi connectivity index (χ3v) is 3.96. The number of hydrogen-bond acceptors (Lipinski definition) is 6. The van der Waals surface area contributed by atoms with E-state index in [0.29, 0.717) is 10.5 Å². The van der Waals surface area contributed by atoms with Gasteiger partial charge in [0.1, 0.15) is 11.5 Å². The van der Waals surface area contributed by atoms with Crippen LogP contribution < -0.4 is 5.32 Å². The van der Waals surface area contributed by atoms with E-state index in [0.717, 1.165) is 5.39 Å². The van der Waals surface area contributed by atoms with E-state index in [1.807, 2.05) is 0 Å². The maximum atomic E-state index is 11.6. The molecule has 0 spiro atoms. The summed E-state index contributed by atoms with van der Waals surface area (Å²) in [5, 5.41) is 35.5. The molecule has 3 aromatic rings. The highest BCUT2D eigenvalue weighted by molar-refractivity contribution is 7.13. The largest absolute Gasteiger partial charge is 0.508 e. The van der Waals surface area contributed by atoms with Crippen LogP contribution in [0.15, 0.2) is 41.9 Å². The number of nitrogens with one attached hydrogen (secondary N) is 1. The molecule has 1 unspecified atom stereocenters. The van der Waals surface area contributed by atoms with Crippen LogP contribution in [0.1, 0.15) is 11.6 Å². The lowest BCUT2D eigenvalue weighted by atomic mass is 9.97. The summed E-state index contributed by atoms with van der Waals surface area (Å²) in [6.45, 7) is 0. The number of thiazole rings is 1. The van der Waals surface area contributed by atoms with E-state index in [2.05, 4.69) is 10.3 Å². The molecule has 0 bridgehead atoms. The maximum Gasteiger partial charge on any atom is 0.331 e. The number of aromatic hydroxyl groups is 2. The van der Waals surface area contributed by atoms with E-state index in [1.165, 1.54) is 29.5 Å². The number of hydrogen-bond donors (Lipinski definition) is 4. The Morgan fingerprint density at radius 2 is 2.00 bits per heavy atom. The van der Waals surface area contributed by atoms with Crippen molar-refractivity contribution in [2.45, 2.75) is 6.04 Å². The van der Waals surface area contributed by atoms with Gasteiger partial charge in [0.15, 0.2) is 11.2 Å². The first-order chi connectivity index (χ1) is 10.6. The smallest absolute Gasteiger partial charge is 0.331 e. The summed E-state index contributed by atoms with van der Waals surface area (Å²) in [5.41, 5.74) is 0.191. The highest BCUT2D eigenvalue weighted by Gasteiger charge is 2.26. The van der Waals surface area contributed by atoms with Crippen molar-refractivity contribution >= 4 is 33.2 Å². The zero-order valence-corrected chi connectivity index (χ0v) is 12.0. The average Bonchev–Trinajstić information content (AvgIpc) is 2.98. The van der Waals surface area contributed by atoms with Crippen molar-refractivity contribution in [1.82, 2.24) is 4.98 Å². The van der Waals surface area contributed by atoms with Crippen LogP contribution in [-0.4, -0.2) is 26.3 Å². The lowest BCUT2D eigenvalue weighted by Gasteiger charge is -2.18. The number of carboxylic acid groups (broad SMARTS) is 1. The van der Waals surface area contributed by atoms with Crippen molar-refractivity contribution in [2.24, 2.45) is 0 Å². The first-order valence-corrected chi connectivity index (χ1v) is 7.27. The zero-order chi connectivity index (χ0) is 15.7. The second kappa shape index (κ2) is 5.53. The van der Waals surface area contributed by atoms with Gasteiger partial charge in [-0.2, -0.15) is 0 Å². The van der Waals surface area contributed by atoms with E-state index in [1.54, 1.807) is 23.7 Å². The molecule has 22 heavy (non-hydrogen) atoms. The lowest BCUT2D eigenvalue weighted by Crippen LogP contribution is -2.20. The van der Waals surface area contributed by atoms with Gasteiger partial charge in [0.05, 0.1) is 0 Å². The van der Waals surface area contributed by atoms with E-state index >= 15 is 0 Å². The quantitative estimate of drug-likeness (QED) is 0.590. The molecular weight excluding hydrogens is 304 g/mol. The first-order valence-electron chi connectivity index (χ1n) is 6.39. The van der Waals surface area contributed by atoms with Crippen LogP contribution in [0.4, 0.5) is 5.13 Å². The van der Waals surface area contributed by atoms with Crippen LogP contribution in [0, 0.1) is 0 Å². The standard InChI is InChI=1S/C15H12N2O4S/c18-9-3-1-8-2-4-11(19)12(10(8)7-9)13(14(20)21)17-15-16-5-6-22-15/h1-7,13,18-19H,(H,16,17)(H,20,21). The van der Waals surface area contributed by atoms with E-state index in [-0.39, 0.29) is 17.1 Å². The Labute approximate surface area is 129 Å². The minimum Gasteiger partial charge on any atom is -0.508 e. The topological polar surface area (TPSA) is 103 Å². The first kappa shape index (κ1) is 14.2. The van der Waals surface area contributed by atoms with Crippen LogP contribution in [-0.2, 0) is 4.79 Å². The molecule has 0 fully saturated rings. The van der Waals surface area contributed by atoms with Gasteiger partial charge in [0.25, 0.3) is 0 Å². The number of phenolic OH excluding ortho intramolecular Hbond substituents is 2. The summed E-state index contributed by atoms with van der Waals surface area (Å²) in [4.78, 5) is 15.7. The minimum atomic E-state index is -1.18. The van der Waals surface area contributed by atoms with Crippen molar-refractivity contribution in [3.63, 3.8) is 0 Å². The summed E-state index contributed by atoms with van der Waals surface area (Å²) in [6, 6.07) is 6.52. The Kier molecular flexibility index (Phi) is 3.56. The number of carboxylic acids is 1. The van der Waals surface area contributed by atoms with E-state index in [9.17, 15) is 20.1 Å². The summed E-state index contributed by atoms with van der Waals surface area (Å²) in [5.74, 6) is -1.31. The number of nitrogens with zero attached hydrogens (tertiary/aromatic N) is 1. The van der Waals surface area contributed by atoms with Crippen molar-refractivity contribution in [3.8, 4) is 11.5 Å². The molecular formula is C15H12N2O4S. The number of fused-ring (bicyclic) bond motifs is 1. The Morgan fingerprint density at radius 3 is 2.68 bits per heavy atom. The van der Waals surface area contributed by atoms with Crippen molar-refractivity contribution < 1.29 is 20.1 Å². The number of benzene rings is 2. The van der Waals surface area contributed by atoms with Gasteiger partial charge >= 0.3 is 5.97 Å². The monoisotopic (exact) mass is 316 g/mol. The Bertz CT molecular complexity index is 828. The maximum absolute atomic E-state index is 11.6. The predicted molar refractivity (Wildman–Crippen MR) is 83.4 cm³/mol. The molecule has 1 atom stereocenters. The van der Waals surface area contributed by atoms with Gasteiger partial charge < -0.3 is 20.6 Å². The van der Waals surface area contributed by atoms with Crippen LogP contribution in [0.25, 0.3) is 10.8 Å². The molecule has 0 aliphatic heterocycles. The predicted octanol–water partition coefficient (Wildman–Crippen LogP) is 2.95. The van der Waals surface area contributed by atoms with Crippen LogP contribution in [0.2, 0.25) is 0 Å². The second-order valence-electron chi connectivity index (χ2n) is 4.66. The molecule has 0 amide bonds. The summed E-state index contributed by atoms with van der Waals surface area (Å²) in [6.07, 6.45) is 1.56. The second-order valence-corrected chi connectivity index (χ2v) is 5.55. The molecule has 3 rings (SSSR count). The van der Waals surface area contributed by atoms with Crippen LogP contribution in [0.5, 0.6) is 11.5 Å². The van der Waals surface area contributed by atoms with E-state index < -0.39 is 12.0 Å². The van der Waals surface area contributed by atoms with Gasteiger partial charge in [-0.15, -0.1) is 11.3 Å². The molecule has 4 N–H and O–H groups in total. The Morgan fingerprint density at radius 1 is 1.23 bits per heavy atom. The molecule has 0 saturated carbocycles. The highest BCUT2D eigenvalue weighted by atomic mass is 32.1. The molecule has 7 heteroatoms. The molecule has 6 nitrogen and oxygen atoms in total. The third kappa shape index (κ3) is 2.53. The molecule has 0 radical (unpaired) electrons. The van der Waals surface area contributed by atoms with Crippen LogP contribution in [0.3, 0.4) is 0 Å². The number of rotatable bonds is 4. The molecule has 2 aromatic carbocycles. The fourth-order valence-corrected chi connectivity index (χ4v) is 2.86. The van der Waals surface area contributed by atoms with Gasteiger partial charge in [-0.3, -0.25) is 0 Å². The van der Waals surface area contributed by atoms with Crippen LogP contribution >= 0.6 is 11.3 Å². The number of aromatic nitrogens is 1. The zero-order valence-electron chi connectivity index (χ0n) is 11.2. The highest BCUT2D eigenvalue weighted by Crippen LogP contribution is 2.36. The van der Waals surface area contributed by atoms with Gasteiger partial charge in [0, 0.05) is 17.1 Å².